The Balaban J connectivity index is 1.92. The van der Waals surface area contributed by atoms with Gasteiger partial charge in [0.25, 0.3) is 0 Å². The van der Waals surface area contributed by atoms with E-state index in [2.05, 4.69) is 10.6 Å². The SMILES string of the molecule is O=C(CCl)NC(Cc1ccccc1)C(=O)NCCc1ccccc1. The molecule has 0 aliphatic rings. The molecule has 0 spiro atoms. The maximum Gasteiger partial charge on any atom is 0.242 e. The minimum Gasteiger partial charge on any atom is -0.354 e. The van der Waals surface area contributed by atoms with E-state index in [1.807, 2.05) is 60.7 Å². The van der Waals surface area contributed by atoms with Crippen molar-refractivity contribution in [3.8, 4) is 0 Å². The Kier molecular flexibility index (Phi) is 7.30. The summed E-state index contributed by atoms with van der Waals surface area (Å²) >= 11 is 5.54. The van der Waals surface area contributed by atoms with Crippen molar-refractivity contribution in [1.82, 2.24) is 10.6 Å². The van der Waals surface area contributed by atoms with Crippen LogP contribution in [0.5, 0.6) is 0 Å². The van der Waals surface area contributed by atoms with Gasteiger partial charge in [-0.15, -0.1) is 11.6 Å². The van der Waals surface area contributed by atoms with Crippen LogP contribution in [-0.2, 0) is 22.4 Å². The highest BCUT2D eigenvalue weighted by molar-refractivity contribution is 6.27. The van der Waals surface area contributed by atoms with Gasteiger partial charge >= 0.3 is 0 Å². The average molecular weight is 345 g/mol. The predicted octanol–water partition coefficient (Wildman–Crippen LogP) is 2.31. The molecule has 0 fully saturated rings. The molecule has 2 rings (SSSR count). The molecule has 1 unspecified atom stereocenters. The van der Waals surface area contributed by atoms with Crippen LogP contribution < -0.4 is 10.6 Å². The van der Waals surface area contributed by atoms with E-state index >= 15 is 0 Å². The van der Waals surface area contributed by atoms with Gasteiger partial charge in [0.15, 0.2) is 0 Å². The maximum atomic E-state index is 12.4. The van der Waals surface area contributed by atoms with Crippen molar-refractivity contribution in [2.24, 2.45) is 0 Å². The normalized spacial score (nSPS) is 11.5. The Morgan fingerprint density at radius 3 is 2.08 bits per heavy atom. The predicted molar refractivity (Wildman–Crippen MR) is 96.0 cm³/mol. The van der Waals surface area contributed by atoms with Gasteiger partial charge in [0.2, 0.25) is 11.8 Å². The molecule has 1 atom stereocenters. The van der Waals surface area contributed by atoms with E-state index in [1.165, 1.54) is 0 Å². The quantitative estimate of drug-likeness (QED) is 0.722. The molecule has 2 N–H and O–H groups in total. The van der Waals surface area contributed by atoms with E-state index in [4.69, 9.17) is 11.6 Å². The molecule has 0 heterocycles. The molecule has 0 aromatic heterocycles. The summed E-state index contributed by atoms with van der Waals surface area (Å²) < 4.78 is 0. The van der Waals surface area contributed by atoms with Crippen molar-refractivity contribution in [1.29, 1.82) is 0 Å². The van der Waals surface area contributed by atoms with Crippen LogP contribution in [-0.4, -0.2) is 30.3 Å². The number of amides is 2. The summed E-state index contributed by atoms with van der Waals surface area (Å²) in [4.78, 5) is 24.0. The van der Waals surface area contributed by atoms with Crippen molar-refractivity contribution in [2.75, 3.05) is 12.4 Å². The lowest BCUT2D eigenvalue weighted by Crippen LogP contribution is -2.48. The van der Waals surface area contributed by atoms with E-state index in [-0.39, 0.29) is 17.7 Å². The van der Waals surface area contributed by atoms with Crippen molar-refractivity contribution >= 4 is 23.4 Å². The number of hydrogen-bond donors (Lipinski definition) is 2. The smallest absolute Gasteiger partial charge is 0.242 e. The van der Waals surface area contributed by atoms with E-state index < -0.39 is 6.04 Å². The second-order valence-corrected chi connectivity index (χ2v) is 5.74. The van der Waals surface area contributed by atoms with Crippen molar-refractivity contribution in [3.05, 3.63) is 71.8 Å². The summed E-state index contributed by atoms with van der Waals surface area (Å²) in [5.74, 6) is -0.716. The Morgan fingerprint density at radius 2 is 1.50 bits per heavy atom. The molecule has 0 saturated carbocycles. The molecule has 5 heteroatoms. The minimum absolute atomic E-state index is 0.164. The van der Waals surface area contributed by atoms with Crippen LogP contribution in [0.4, 0.5) is 0 Å². The van der Waals surface area contributed by atoms with Crippen LogP contribution in [0.25, 0.3) is 0 Å². The van der Waals surface area contributed by atoms with Gasteiger partial charge in [0.05, 0.1) is 0 Å². The van der Waals surface area contributed by atoms with E-state index in [1.54, 1.807) is 0 Å². The van der Waals surface area contributed by atoms with Gasteiger partial charge in [-0.2, -0.15) is 0 Å². The first-order valence-corrected chi connectivity index (χ1v) is 8.43. The fourth-order valence-corrected chi connectivity index (χ4v) is 2.47. The topological polar surface area (TPSA) is 58.2 Å². The summed E-state index contributed by atoms with van der Waals surface area (Å²) in [6, 6.07) is 18.9. The number of alkyl halides is 1. The standard InChI is InChI=1S/C19H21ClN2O2/c20-14-18(23)22-17(13-16-9-5-2-6-10-16)19(24)21-12-11-15-7-3-1-4-8-15/h1-10,17H,11-14H2,(H,21,24)(H,22,23). The zero-order chi connectivity index (χ0) is 17.2. The van der Waals surface area contributed by atoms with Gasteiger partial charge in [-0.1, -0.05) is 60.7 Å². The third-order valence-electron chi connectivity index (χ3n) is 3.61. The first-order chi connectivity index (χ1) is 11.7. The average Bonchev–Trinajstić information content (AvgIpc) is 2.62. The third kappa shape index (κ3) is 6.05. The summed E-state index contributed by atoms with van der Waals surface area (Å²) in [5, 5.41) is 5.56. The molecule has 2 amide bonds. The molecule has 0 bridgehead atoms. The Morgan fingerprint density at radius 1 is 0.917 bits per heavy atom. The highest BCUT2D eigenvalue weighted by Gasteiger charge is 2.20. The fourth-order valence-electron chi connectivity index (χ4n) is 2.39. The van der Waals surface area contributed by atoms with Crippen LogP contribution in [0.2, 0.25) is 0 Å². The second-order valence-electron chi connectivity index (χ2n) is 5.47. The van der Waals surface area contributed by atoms with Crippen LogP contribution in [0.15, 0.2) is 60.7 Å². The number of hydrogen-bond acceptors (Lipinski definition) is 2. The first kappa shape index (κ1) is 18.0. The maximum absolute atomic E-state index is 12.4. The minimum atomic E-state index is -0.630. The number of nitrogens with one attached hydrogen (secondary N) is 2. The van der Waals surface area contributed by atoms with Crippen molar-refractivity contribution in [3.63, 3.8) is 0 Å². The molecule has 0 aliphatic carbocycles. The zero-order valence-electron chi connectivity index (χ0n) is 13.4. The van der Waals surface area contributed by atoms with Gasteiger partial charge in [0, 0.05) is 13.0 Å². The van der Waals surface area contributed by atoms with E-state index in [0.29, 0.717) is 13.0 Å². The van der Waals surface area contributed by atoms with E-state index in [9.17, 15) is 9.59 Å². The lowest BCUT2D eigenvalue weighted by atomic mass is 10.0. The van der Waals surface area contributed by atoms with Crippen molar-refractivity contribution in [2.45, 2.75) is 18.9 Å². The lowest BCUT2D eigenvalue weighted by molar-refractivity contribution is -0.127. The third-order valence-corrected chi connectivity index (χ3v) is 3.85. The zero-order valence-corrected chi connectivity index (χ0v) is 14.1. The second kappa shape index (κ2) is 9.73. The van der Waals surface area contributed by atoms with Crippen molar-refractivity contribution < 1.29 is 9.59 Å². The molecule has 0 aliphatic heterocycles. The molecule has 126 valence electrons. The summed E-state index contributed by atoms with van der Waals surface area (Å²) in [5.41, 5.74) is 2.14. The number of carbonyl (C=O) groups excluding carboxylic acids is 2. The van der Waals surface area contributed by atoms with Crippen LogP contribution >= 0.6 is 11.6 Å². The first-order valence-electron chi connectivity index (χ1n) is 7.90. The Hall–Kier alpha value is -2.33. The molecular weight excluding hydrogens is 324 g/mol. The van der Waals surface area contributed by atoms with Crippen LogP contribution in [0.3, 0.4) is 0 Å². The largest absolute Gasteiger partial charge is 0.354 e. The molecule has 24 heavy (non-hydrogen) atoms. The molecule has 2 aromatic carbocycles. The monoisotopic (exact) mass is 344 g/mol. The number of carbonyl (C=O) groups is 2. The van der Waals surface area contributed by atoms with Gasteiger partial charge in [0.1, 0.15) is 11.9 Å². The number of rotatable bonds is 8. The van der Waals surface area contributed by atoms with Crippen LogP contribution in [0, 0.1) is 0 Å². The fraction of sp³-hybridized carbons (Fsp3) is 0.263. The molecule has 0 radical (unpaired) electrons. The number of halogens is 1. The molecular formula is C19H21ClN2O2. The van der Waals surface area contributed by atoms with Gasteiger partial charge in [-0.25, -0.2) is 0 Å². The van der Waals surface area contributed by atoms with Gasteiger partial charge < -0.3 is 10.6 Å². The molecule has 0 saturated heterocycles. The number of benzene rings is 2. The summed E-state index contributed by atoms with van der Waals surface area (Å²) in [6.07, 6.45) is 1.18. The summed E-state index contributed by atoms with van der Waals surface area (Å²) in [6.45, 7) is 0.519. The van der Waals surface area contributed by atoms with E-state index in [0.717, 1.165) is 17.5 Å². The highest BCUT2D eigenvalue weighted by Crippen LogP contribution is 2.04. The molecule has 4 nitrogen and oxygen atoms in total. The highest BCUT2D eigenvalue weighted by atomic mass is 35.5. The summed E-state index contributed by atoms with van der Waals surface area (Å²) in [7, 11) is 0. The Labute approximate surface area is 147 Å². The van der Waals surface area contributed by atoms with Crippen LogP contribution in [0.1, 0.15) is 11.1 Å². The van der Waals surface area contributed by atoms with Gasteiger partial charge in [-0.05, 0) is 17.5 Å². The Bertz CT molecular complexity index is 647. The van der Waals surface area contributed by atoms with Gasteiger partial charge in [-0.3, -0.25) is 9.59 Å². The lowest BCUT2D eigenvalue weighted by Gasteiger charge is -2.18. The molecule has 2 aromatic rings.